The highest BCUT2D eigenvalue weighted by Crippen LogP contribution is 2.28. The first-order valence-electron chi connectivity index (χ1n) is 5.34. The summed E-state index contributed by atoms with van der Waals surface area (Å²) in [7, 11) is 3.93. The molecule has 0 atom stereocenters. The fourth-order valence-electron chi connectivity index (χ4n) is 1.25. The summed E-state index contributed by atoms with van der Waals surface area (Å²) in [4.78, 5) is 2.03. The van der Waals surface area contributed by atoms with Crippen LogP contribution in [0.25, 0.3) is 0 Å². The Hall–Kier alpha value is -1.08. The normalized spacial score (nSPS) is 12.4. The van der Waals surface area contributed by atoms with E-state index >= 15 is 0 Å². The van der Waals surface area contributed by atoms with Crippen LogP contribution in [0.2, 0.25) is 0 Å². The largest absolute Gasteiger partial charge is 0.419 e. The second-order valence-electron chi connectivity index (χ2n) is 4.04. The molecule has 17 heavy (non-hydrogen) atoms. The molecule has 0 unspecified atom stereocenters. The topological polar surface area (TPSA) is 33.1 Å². The zero-order valence-corrected chi connectivity index (χ0v) is 9.96. The molecule has 0 aliphatic heterocycles. The summed E-state index contributed by atoms with van der Waals surface area (Å²) in [6, 6.07) is 0. The average molecular weight is 250 g/mol. The molecule has 1 heterocycles. The van der Waals surface area contributed by atoms with Gasteiger partial charge in [-0.2, -0.15) is 18.3 Å². The number of alkyl halides is 3. The molecule has 1 aromatic heterocycles. The Morgan fingerprint density at radius 1 is 1.35 bits per heavy atom. The lowest BCUT2D eigenvalue weighted by Crippen LogP contribution is -2.29. The summed E-state index contributed by atoms with van der Waals surface area (Å²) in [5.41, 5.74) is -0.703. The highest BCUT2D eigenvalue weighted by Gasteiger charge is 2.31. The minimum atomic E-state index is -4.31. The molecule has 1 aromatic rings. The van der Waals surface area contributed by atoms with Gasteiger partial charge in [0, 0.05) is 25.8 Å². The Kier molecular flexibility index (Phi) is 4.95. The molecule has 0 radical (unpaired) electrons. The third-order valence-electron chi connectivity index (χ3n) is 2.21. The van der Waals surface area contributed by atoms with Crippen molar-refractivity contribution in [3.8, 4) is 0 Å². The minimum Gasteiger partial charge on any atom is -0.314 e. The quantitative estimate of drug-likeness (QED) is 0.766. The van der Waals surface area contributed by atoms with Gasteiger partial charge in [0.15, 0.2) is 0 Å². The first kappa shape index (κ1) is 14.0. The molecule has 0 bridgehead atoms. The van der Waals surface area contributed by atoms with Crippen LogP contribution in [0, 0.1) is 0 Å². The van der Waals surface area contributed by atoms with Gasteiger partial charge in [-0.05, 0) is 14.1 Å². The Labute approximate surface area is 98.4 Å². The molecule has 7 heteroatoms. The monoisotopic (exact) mass is 250 g/mol. The lowest BCUT2D eigenvalue weighted by atomic mass is 10.4. The van der Waals surface area contributed by atoms with Crippen LogP contribution in [-0.4, -0.2) is 48.4 Å². The van der Waals surface area contributed by atoms with Crippen molar-refractivity contribution in [3.05, 3.63) is 18.0 Å². The van der Waals surface area contributed by atoms with Crippen molar-refractivity contribution in [1.82, 2.24) is 20.0 Å². The Bertz CT molecular complexity index is 333. The van der Waals surface area contributed by atoms with Crippen molar-refractivity contribution in [1.29, 1.82) is 0 Å². The molecule has 0 saturated carbocycles. The van der Waals surface area contributed by atoms with E-state index in [2.05, 4.69) is 10.4 Å². The zero-order chi connectivity index (χ0) is 12.9. The fourth-order valence-corrected chi connectivity index (χ4v) is 1.25. The van der Waals surface area contributed by atoms with Crippen LogP contribution < -0.4 is 5.32 Å². The van der Waals surface area contributed by atoms with Crippen molar-refractivity contribution in [2.75, 3.05) is 33.7 Å². The van der Waals surface area contributed by atoms with Crippen LogP contribution in [0.15, 0.2) is 12.4 Å². The van der Waals surface area contributed by atoms with E-state index in [0.717, 1.165) is 25.5 Å². The molecule has 1 rings (SSSR count). The van der Waals surface area contributed by atoms with Crippen molar-refractivity contribution in [2.45, 2.75) is 12.7 Å². The fraction of sp³-hybridized carbons (Fsp3) is 0.700. The molecule has 0 aliphatic carbocycles. The zero-order valence-electron chi connectivity index (χ0n) is 9.96. The van der Waals surface area contributed by atoms with Gasteiger partial charge in [0.25, 0.3) is 0 Å². The molecule has 0 amide bonds. The van der Waals surface area contributed by atoms with Crippen molar-refractivity contribution in [2.24, 2.45) is 0 Å². The Balaban J connectivity index is 2.26. The second kappa shape index (κ2) is 6.02. The maximum Gasteiger partial charge on any atom is 0.419 e. The smallest absolute Gasteiger partial charge is 0.314 e. The predicted octanol–water partition coefficient (Wildman–Crippen LogP) is 1.05. The second-order valence-corrected chi connectivity index (χ2v) is 4.04. The van der Waals surface area contributed by atoms with Crippen LogP contribution >= 0.6 is 0 Å². The SMILES string of the molecule is CN(C)CCNCCn1cc(C(F)(F)F)cn1. The molecule has 0 saturated heterocycles. The molecule has 98 valence electrons. The molecular formula is C10H17F3N4. The molecule has 1 N–H and O–H groups in total. The molecule has 0 spiro atoms. The summed E-state index contributed by atoms with van der Waals surface area (Å²) in [6.07, 6.45) is -2.44. The van der Waals surface area contributed by atoms with Crippen LogP contribution in [0.3, 0.4) is 0 Å². The lowest BCUT2D eigenvalue weighted by molar-refractivity contribution is -0.137. The van der Waals surface area contributed by atoms with Crippen molar-refractivity contribution >= 4 is 0 Å². The van der Waals surface area contributed by atoms with Gasteiger partial charge >= 0.3 is 6.18 Å². The summed E-state index contributed by atoms with van der Waals surface area (Å²) in [6.45, 7) is 2.74. The van der Waals surface area contributed by atoms with Gasteiger partial charge in [0.05, 0.1) is 18.3 Å². The van der Waals surface area contributed by atoms with E-state index in [4.69, 9.17) is 0 Å². The van der Waals surface area contributed by atoms with Crippen LogP contribution in [-0.2, 0) is 12.7 Å². The summed E-state index contributed by atoms with van der Waals surface area (Å²) in [5.74, 6) is 0. The van der Waals surface area contributed by atoms with Crippen molar-refractivity contribution < 1.29 is 13.2 Å². The predicted molar refractivity (Wildman–Crippen MR) is 58.7 cm³/mol. The summed E-state index contributed by atoms with van der Waals surface area (Å²) >= 11 is 0. The van der Waals surface area contributed by atoms with E-state index in [1.807, 2.05) is 19.0 Å². The summed E-state index contributed by atoms with van der Waals surface area (Å²) in [5, 5.41) is 6.79. The number of hydrogen-bond donors (Lipinski definition) is 1. The first-order chi connectivity index (χ1) is 7.89. The van der Waals surface area contributed by atoms with Crippen LogP contribution in [0.1, 0.15) is 5.56 Å². The molecule has 4 nitrogen and oxygen atoms in total. The van der Waals surface area contributed by atoms with E-state index in [1.165, 1.54) is 4.68 Å². The number of halogens is 3. The maximum atomic E-state index is 12.3. The third-order valence-corrected chi connectivity index (χ3v) is 2.21. The molecular weight excluding hydrogens is 233 g/mol. The Morgan fingerprint density at radius 3 is 2.59 bits per heavy atom. The Morgan fingerprint density at radius 2 is 2.06 bits per heavy atom. The number of hydrogen-bond acceptors (Lipinski definition) is 3. The maximum absolute atomic E-state index is 12.3. The van der Waals surface area contributed by atoms with E-state index in [0.29, 0.717) is 13.1 Å². The standard InChI is InChI=1S/C10H17F3N4/c1-16(2)5-3-14-4-6-17-8-9(7-15-17)10(11,12)13/h7-8,14H,3-6H2,1-2H3. The van der Waals surface area contributed by atoms with Gasteiger partial charge in [-0.1, -0.05) is 0 Å². The molecule has 0 aliphatic rings. The highest BCUT2D eigenvalue weighted by molar-refractivity contribution is 5.08. The third kappa shape index (κ3) is 5.18. The number of likely N-dealkylation sites (N-methyl/N-ethyl adjacent to an activating group) is 1. The van der Waals surface area contributed by atoms with Crippen LogP contribution in [0.4, 0.5) is 13.2 Å². The van der Waals surface area contributed by atoms with E-state index in [1.54, 1.807) is 0 Å². The number of rotatable bonds is 6. The number of nitrogens with zero attached hydrogens (tertiary/aromatic N) is 3. The molecule has 0 fully saturated rings. The van der Waals surface area contributed by atoms with E-state index in [9.17, 15) is 13.2 Å². The van der Waals surface area contributed by atoms with Crippen LogP contribution in [0.5, 0.6) is 0 Å². The highest BCUT2D eigenvalue weighted by atomic mass is 19.4. The van der Waals surface area contributed by atoms with E-state index in [-0.39, 0.29) is 0 Å². The molecule has 0 aromatic carbocycles. The minimum absolute atomic E-state index is 0.434. The van der Waals surface area contributed by atoms with Gasteiger partial charge in [0.2, 0.25) is 0 Å². The average Bonchev–Trinajstić information content (AvgIpc) is 2.64. The summed E-state index contributed by atoms with van der Waals surface area (Å²) < 4.78 is 38.1. The van der Waals surface area contributed by atoms with Crippen molar-refractivity contribution in [3.63, 3.8) is 0 Å². The van der Waals surface area contributed by atoms with E-state index < -0.39 is 11.7 Å². The van der Waals surface area contributed by atoms with Gasteiger partial charge in [-0.3, -0.25) is 4.68 Å². The number of aromatic nitrogens is 2. The first-order valence-corrected chi connectivity index (χ1v) is 5.34. The van der Waals surface area contributed by atoms with Gasteiger partial charge in [0.1, 0.15) is 0 Å². The van der Waals surface area contributed by atoms with Gasteiger partial charge < -0.3 is 10.2 Å². The lowest BCUT2D eigenvalue weighted by Gasteiger charge is -2.10. The number of nitrogens with one attached hydrogen (secondary N) is 1. The van der Waals surface area contributed by atoms with Gasteiger partial charge in [-0.15, -0.1) is 0 Å². The van der Waals surface area contributed by atoms with Gasteiger partial charge in [-0.25, -0.2) is 0 Å².